The highest BCUT2D eigenvalue weighted by Crippen LogP contribution is 2.45. The Bertz CT molecular complexity index is 276. The van der Waals surface area contributed by atoms with Crippen LogP contribution in [0.5, 0.6) is 0 Å². The molecule has 0 aromatic heterocycles. The van der Waals surface area contributed by atoms with Crippen molar-refractivity contribution in [1.82, 2.24) is 4.90 Å². The number of nitrogens with zero attached hydrogens (tertiary/aromatic N) is 1. The van der Waals surface area contributed by atoms with Gasteiger partial charge in [-0.05, 0) is 19.3 Å². The molecule has 0 atom stereocenters. The van der Waals surface area contributed by atoms with Crippen molar-refractivity contribution >= 4 is 5.97 Å². The Balaban J connectivity index is 1.96. The average molecular weight is 229 g/mol. The Labute approximate surface area is 95.3 Å². The van der Waals surface area contributed by atoms with Gasteiger partial charge in [0.25, 0.3) is 0 Å². The molecule has 0 bridgehead atoms. The minimum absolute atomic E-state index is 0.133. The van der Waals surface area contributed by atoms with Gasteiger partial charge < -0.3 is 14.6 Å². The van der Waals surface area contributed by atoms with Crippen LogP contribution in [-0.2, 0) is 14.3 Å². The smallest absolute Gasteiger partial charge is 0.305 e. The highest BCUT2D eigenvalue weighted by molar-refractivity contribution is 5.68. The maximum Gasteiger partial charge on any atom is 0.305 e. The van der Waals surface area contributed by atoms with Gasteiger partial charge in [-0.2, -0.15) is 0 Å². The largest absolute Gasteiger partial charge is 0.481 e. The van der Waals surface area contributed by atoms with E-state index in [9.17, 15) is 4.79 Å². The van der Waals surface area contributed by atoms with Crippen LogP contribution < -0.4 is 0 Å². The zero-order valence-electron chi connectivity index (χ0n) is 9.86. The van der Waals surface area contributed by atoms with E-state index in [4.69, 9.17) is 14.6 Å². The monoisotopic (exact) mass is 229 g/mol. The summed E-state index contributed by atoms with van der Waals surface area (Å²) in [5.74, 6) is -1.23. The van der Waals surface area contributed by atoms with Gasteiger partial charge in [-0.1, -0.05) is 0 Å². The normalized spacial score (nSPS) is 26.9. The Kier molecular flexibility index (Phi) is 2.94. The number of methoxy groups -OCH3 is 2. The van der Waals surface area contributed by atoms with Crippen molar-refractivity contribution < 1.29 is 19.4 Å². The summed E-state index contributed by atoms with van der Waals surface area (Å²) in [4.78, 5) is 13.1. The number of carbonyl (C=O) groups is 1. The van der Waals surface area contributed by atoms with Gasteiger partial charge in [0.2, 0.25) is 0 Å². The van der Waals surface area contributed by atoms with Gasteiger partial charge >= 0.3 is 5.97 Å². The Morgan fingerprint density at radius 2 is 1.88 bits per heavy atom. The minimum Gasteiger partial charge on any atom is -0.481 e. The second-order valence-electron chi connectivity index (χ2n) is 4.82. The molecular weight excluding hydrogens is 210 g/mol. The van der Waals surface area contributed by atoms with E-state index >= 15 is 0 Å². The highest BCUT2D eigenvalue weighted by Gasteiger charge is 2.55. The van der Waals surface area contributed by atoms with Crippen molar-refractivity contribution in [2.75, 3.05) is 27.3 Å². The molecule has 2 aliphatic rings. The number of aliphatic carboxylic acids is 1. The van der Waals surface area contributed by atoms with E-state index in [2.05, 4.69) is 4.90 Å². The quantitative estimate of drug-likeness (QED) is 0.703. The van der Waals surface area contributed by atoms with Gasteiger partial charge in [0.05, 0.1) is 19.5 Å². The van der Waals surface area contributed by atoms with Crippen molar-refractivity contribution in [1.29, 1.82) is 0 Å². The first-order valence-corrected chi connectivity index (χ1v) is 5.63. The molecule has 1 N–H and O–H groups in total. The van der Waals surface area contributed by atoms with E-state index in [0.29, 0.717) is 13.1 Å². The molecule has 1 saturated heterocycles. The predicted octanol–water partition coefficient (Wildman–Crippen LogP) is 0.688. The molecule has 0 radical (unpaired) electrons. The molecule has 2 fully saturated rings. The van der Waals surface area contributed by atoms with E-state index in [1.165, 1.54) is 0 Å². The fourth-order valence-electron chi connectivity index (χ4n) is 2.68. The lowest BCUT2D eigenvalue weighted by Crippen LogP contribution is -2.72. The molecule has 5 heteroatoms. The summed E-state index contributed by atoms with van der Waals surface area (Å²) in [6.45, 7) is 1.35. The maximum absolute atomic E-state index is 10.9. The standard InChI is InChI=1S/C11H19NO4/c1-15-11(16-2)7-12(8-11)10(4-3-5-10)6-9(13)14/h3-8H2,1-2H3,(H,13,14). The van der Waals surface area contributed by atoms with Crippen LogP contribution in [0.15, 0.2) is 0 Å². The summed E-state index contributed by atoms with van der Waals surface area (Å²) >= 11 is 0. The van der Waals surface area contributed by atoms with E-state index in [-0.39, 0.29) is 12.0 Å². The second-order valence-corrected chi connectivity index (χ2v) is 4.82. The SMILES string of the molecule is COC1(OC)CN(C2(CC(=O)O)CCC2)C1. The van der Waals surface area contributed by atoms with Crippen molar-refractivity contribution in [3.8, 4) is 0 Å². The van der Waals surface area contributed by atoms with E-state index in [1.807, 2.05) is 0 Å². The first-order chi connectivity index (χ1) is 7.56. The fourth-order valence-corrected chi connectivity index (χ4v) is 2.68. The van der Waals surface area contributed by atoms with Gasteiger partial charge in [0.1, 0.15) is 0 Å². The number of hydrogen-bond acceptors (Lipinski definition) is 4. The predicted molar refractivity (Wildman–Crippen MR) is 57.2 cm³/mol. The second kappa shape index (κ2) is 3.98. The van der Waals surface area contributed by atoms with Crippen LogP contribution in [0.1, 0.15) is 25.7 Å². The topological polar surface area (TPSA) is 59.0 Å². The summed E-state index contributed by atoms with van der Waals surface area (Å²) in [5.41, 5.74) is -0.133. The lowest BCUT2D eigenvalue weighted by Gasteiger charge is -2.59. The number of rotatable bonds is 5. The molecule has 1 heterocycles. The van der Waals surface area contributed by atoms with Gasteiger partial charge in [0, 0.05) is 19.8 Å². The van der Waals surface area contributed by atoms with Crippen LogP contribution >= 0.6 is 0 Å². The first-order valence-electron chi connectivity index (χ1n) is 5.63. The molecule has 1 aliphatic carbocycles. The van der Waals surface area contributed by atoms with E-state index < -0.39 is 11.8 Å². The number of likely N-dealkylation sites (tertiary alicyclic amines) is 1. The molecule has 0 amide bonds. The molecular formula is C11H19NO4. The van der Waals surface area contributed by atoms with Gasteiger partial charge in [-0.3, -0.25) is 9.69 Å². The molecule has 0 aromatic carbocycles. The van der Waals surface area contributed by atoms with Crippen LogP contribution in [0, 0.1) is 0 Å². The zero-order chi connectivity index (χ0) is 11.8. The maximum atomic E-state index is 10.9. The summed E-state index contributed by atoms with van der Waals surface area (Å²) < 4.78 is 10.6. The molecule has 1 saturated carbocycles. The van der Waals surface area contributed by atoms with Crippen LogP contribution in [0.2, 0.25) is 0 Å². The number of hydrogen-bond donors (Lipinski definition) is 1. The Morgan fingerprint density at radius 3 is 2.19 bits per heavy atom. The average Bonchev–Trinajstić information content (AvgIpc) is 2.12. The van der Waals surface area contributed by atoms with Crippen molar-refractivity contribution in [3.63, 3.8) is 0 Å². The molecule has 0 unspecified atom stereocenters. The van der Waals surface area contributed by atoms with Crippen molar-refractivity contribution in [2.24, 2.45) is 0 Å². The lowest BCUT2D eigenvalue weighted by atomic mass is 9.71. The van der Waals surface area contributed by atoms with E-state index in [1.54, 1.807) is 14.2 Å². The summed E-state index contributed by atoms with van der Waals surface area (Å²) in [5, 5.41) is 8.94. The molecule has 1 aliphatic heterocycles. The van der Waals surface area contributed by atoms with Crippen molar-refractivity contribution in [3.05, 3.63) is 0 Å². The van der Waals surface area contributed by atoms with Gasteiger partial charge in [-0.15, -0.1) is 0 Å². The molecule has 0 aromatic rings. The third kappa shape index (κ3) is 1.73. The van der Waals surface area contributed by atoms with Gasteiger partial charge in [0.15, 0.2) is 5.79 Å². The summed E-state index contributed by atoms with van der Waals surface area (Å²) in [6.07, 6.45) is 3.30. The number of carboxylic acid groups (broad SMARTS) is 1. The number of ether oxygens (including phenoxy) is 2. The highest BCUT2D eigenvalue weighted by atomic mass is 16.7. The first kappa shape index (κ1) is 11.8. The molecule has 0 spiro atoms. The molecule has 92 valence electrons. The zero-order valence-corrected chi connectivity index (χ0v) is 9.86. The minimum atomic E-state index is -0.716. The van der Waals surface area contributed by atoms with Crippen LogP contribution in [0.4, 0.5) is 0 Å². The molecule has 16 heavy (non-hydrogen) atoms. The summed E-state index contributed by atoms with van der Waals surface area (Å²) in [6, 6.07) is 0. The van der Waals surface area contributed by atoms with E-state index in [0.717, 1.165) is 19.3 Å². The molecule has 2 rings (SSSR count). The van der Waals surface area contributed by atoms with Crippen LogP contribution in [0.25, 0.3) is 0 Å². The lowest BCUT2D eigenvalue weighted by molar-refractivity contribution is -0.299. The number of carboxylic acids is 1. The molecule has 5 nitrogen and oxygen atoms in total. The Hall–Kier alpha value is -0.650. The van der Waals surface area contributed by atoms with Crippen LogP contribution in [0.3, 0.4) is 0 Å². The van der Waals surface area contributed by atoms with Crippen LogP contribution in [-0.4, -0.2) is 54.6 Å². The van der Waals surface area contributed by atoms with Crippen molar-refractivity contribution in [2.45, 2.75) is 37.0 Å². The third-order valence-electron chi connectivity index (χ3n) is 4.04. The Morgan fingerprint density at radius 1 is 1.31 bits per heavy atom. The fraction of sp³-hybridized carbons (Fsp3) is 0.909. The third-order valence-corrected chi connectivity index (χ3v) is 4.04. The van der Waals surface area contributed by atoms with Gasteiger partial charge in [-0.25, -0.2) is 0 Å². The summed E-state index contributed by atoms with van der Waals surface area (Å²) in [7, 11) is 3.26.